The van der Waals surface area contributed by atoms with Gasteiger partial charge in [0.25, 0.3) is 0 Å². The Kier molecular flexibility index (Phi) is 7.65. The van der Waals surface area contributed by atoms with Crippen LogP contribution in [0.4, 0.5) is 0 Å². The van der Waals surface area contributed by atoms with E-state index in [0.717, 1.165) is 38.6 Å². The van der Waals surface area contributed by atoms with Crippen LogP contribution >= 0.6 is 0 Å². The summed E-state index contributed by atoms with van der Waals surface area (Å²) in [5.41, 5.74) is 6.15. The Morgan fingerprint density at radius 1 is 1.15 bits per heavy atom. The average molecular weight is 449 g/mol. The molecular formula is C27H36N4O2. The van der Waals surface area contributed by atoms with E-state index in [1.165, 1.54) is 27.8 Å². The molecule has 1 N–H and O–H groups in total. The monoisotopic (exact) mass is 448 g/mol. The molecule has 0 spiro atoms. The maximum Gasteiger partial charge on any atom is 0.222 e. The first-order valence-corrected chi connectivity index (χ1v) is 12.1. The van der Waals surface area contributed by atoms with Crippen LogP contribution in [0.15, 0.2) is 47.5 Å². The summed E-state index contributed by atoms with van der Waals surface area (Å²) >= 11 is 0. The Bertz CT molecular complexity index is 1000. The number of hydrogen-bond acceptors (Lipinski definition) is 3. The smallest absolute Gasteiger partial charge is 0.222 e. The SMILES string of the molecule is CCNC(=NCc1ccccc1CN1CCCC1=O)N1CCOC(c2ccc(C)cc2C)C1. The minimum Gasteiger partial charge on any atom is -0.370 e. The van der Waals surface area contributed by atoms with Crippen molar-refractivity contribution in [1.82, 2.24) is 15.1 Å². The van der Waals surface area contributed by atoms with E-state index in [4.69, 9.17) is 9.73 Å². The highest BCUT2D eigenvalue weighted by molar-refractivity contribution is 5.80. The number of amides is 1. The fraction of sp³-hybridized carbons (Fsp3) is 0.481. The summed E-state index contributed by atoms with van der Waals surface area (Å²) in [5.74, 6) is 1.18. The van der Waals surface area contributed by atoms with Gasteiger partial charge in [-0.1, -0.05) is 48.0 Å². The van der Waals surface area contributed by atoms with Crippen molar-refractivity contribution in [1.29, 1.82) is 0 Å². The standard InChI is InChI=1S/C27H36N4O2/c1-4-28-27(31-14-15-33-25(19-31)24-12-11-20(2)16-21(24)3)29-17-22-8-5-6-9-23(22)18-30-13-7-10-26(30)32/h5-6,8-9,11-12,16,25H,4,7,10,13-15,17-19H2,1-3H3,(H,28,29). The lowest BCUT2D eigenvalue weighted by molar-refractivity contribution is -0.128. The van der Waals surface area contributed by atoms with Crippen LogP contribution in [-0.4, -0.2) is 54.5 Å². The number of ether oxygens (including phenoxy) is 1. The molecule has 0 radical (unpaired) electrons. The summed E-state index contributed by atoms with van der Waals surface area (Å²) in [6, 6.07) is 14.9. The molecule has 2 saturated heterocycles. The van der Waals surface area contributed by atoms with Crippen molar-refractivity contribution in [2.24, 2.45) is 4.99 Å². The van der Waals surface area contributed by atoms with Gasteiger partial charge < -0.3 is 19.9 Å². The van der Waals surface area contributed by atoms with Crippen molar-refractivity contribution in [3.8, 4) is 0 Å². The lowest BCUT2D eigenvalue weighted by atomic mass is 10.00. The lowest BCUT2D eigenvalue weighted by Crippen LogP contribution is -2.48. The summed E-state index contributed by atoms with van der Waals surface area (Å²) in [7, 11) is 0. The molecule has 0 aliphatic carbocycles. The molecule has 6 heteroatoms. The predicted octanol–water partition coefficient (Wildman–Crippen LogP) is 3.96. The Morgan fingerprint density at radius 2 is 1.97 bits per heavy atom. The number of morpholine rings is 1. The summed E-state index contributed by atoms with van der Waals surface area (Å²) in [6.07, 6.45) is 1.67. The molecule has 4 rings (SSSR count). The van der Waals surface area contributed by atoms with Crippen LogP contribution in [0.2, 0.25) is 0 Å². The van der Waals surface area contributed by atoms with E-state index < -0.39 is 0 Å². The molecule has 2 aliphatic heterocycles. The average Bonchev–Trinajstić information content (AvgIpc) is 3.22. The topological polar surface area (TPSA) is 57.2 Å². The van der Waals surface area contributed by atoms with Crippen molar-refractivity contribution in [3.63, 3.8) is 0 Å². The quantitative estimate of drug-likeness (QED) is 0.537. The number of aliphatic imine (C=N–C) groups is 1. The molecule has 2 heterocycles. The third-order valence-corrected chi connectivity index (χ3v) is 6.52. The van der Waals surface area contributed by atoms with Gasteiger partial charge in [-0.05, 0) is 49.4 Å². The molecule has 6 nitrogen and oxygen atoms in total. The minimum absolute atomic E-state index is 0.0386. The van der Waals surface area contributed by atoms with E-state index in [2.05, 4.69) is 67.4 Å². The molecule has 176 valence electrons. The zero-order valence-corrected chi connectivity index (χ0v) is 20.1. The van der Waals surface area contributed by atoms with Crippen LogP contribution in [0.3, 0.4) is 0 Å². The molecular weight excluding hydrogens is 412 g/mol. The fourth-order valence-corrected chi connectivity index (χ4v) is 4.75. The first-order chi connectivity index (χ1) is 16.0. The Hall–Kier alpha value is -2.86. The number of benzene rings is 2. The highest BCUT2D eigenvalue weighted by Gasteiger charge is 2.25. The third-order valence-electron chi connectivity index (χ3n) is 6.52. The van der Waals surface area contributed by atoms with E-state index >= 15 is 0 Å². The molecule has 0 saturated carbocycles. The lowest BCUT2D eigenvalue weighted by Gasteiger charge is -2.36. The van der Waals surface area contributed by atoms with Crippen LogP contribution in [-0.2, 0) is 22.6 Å². The highest BCUT2D eigenvalue weighted by Crippen LogP contribution is 2.26. The Labute approximate surface area is 197 Å². The molecule has 1 amide bonds. The van der Waals surface area contributed by atoms with Crippen molar-refractivity contribution < 1.29 is 9.53 Å². The zero-order valence-electron chi connectivity index (χ0n) is 20.1. The second-order valence-corrected chi connectivity index (χ2v) is 9.02. The number of nitrogens with zero attached hydrogens (tertiary/aromatic N) is 3. The molecule has 1 atom stereocenters. The minimum atomic E-state index is 0.0386. The van der Waals surface area contributed by atoms with E-state index in [1.807, 2.05) is 11.0 Å². The van der Waals surface area contributed by atoms with Gasteiger partial charge in [0, 0.05) is 32.6 Å². The molecule has 2 aliphatic rings. The predicted molar refractivity (Wildman–Crippen MR) is 132 cm³/mol. The fourth-order valence-electron chi connectivity index (χ4n) is 4.75. The number of hydrogen-bond donors (Lipinski definition) is 1. The molecule has 33 heavy (non-hydrogen) atoms. The number of carbonyl (C=O) groups excluding carboxylic acids is 1. The van der Waals surface area contributed by atoms with Gasteiger partial charge in [0.05, 0.1) is 19.7 Å². The molecule has 1 unspecified atom stereocenters. The van der Waals surface area contributed by atoms with E-state index in [0.29, 0.717) is 26.1 Å². The third kappa shape index (κ3) is 5.74. The number of rotatable bonds is 6. The maximum atomic E-state index is 12.1. The van der Waals surface area contributed by atoms with Gasteiger partial charge in [0.2, 0.25) is 5.91 Å². The van der Waals surface area contributed by atoms with E-state index in [9.17, 15) is 4.79 Å². The first-order valence-electron chi connectivity index (χ1n) is 12.1. The van der Waals surface area contributed by atoms with Gasteiger partial charge in [-0.2, -0.15) is 0 Å². The van der Waals surface area contributed by atoms with Crippen LogP contribution < -0.4 is 5.32 Å². The van der Waals surface area contributed by atoms with Gasteiger partial charge in [-0.25, -0.2) is 4.99 Å². The number of nitrogens with one attached hydrogen (secondary N) is 1. The van der Waals surface area contributed by atoms with E-state index in [1.54, 1.807) is 0 Å². The normalized spacial score (nSPS) is 19.3. The molecule has 2 aromatic rings. The molecule has 2 fully saturated rings. The molecule has 2 aromatic carbocycles. The van der Waals surface area contributed by atoms with Crippen LogP contribution in [0.1, 0.15) is 53.7 Å². The largest absolute Gasteiger partial charge is 0.370 e. The van der Waals surface area contributed by atoms with Crippen molar-refractivity contribution in [2.75, 3.05) is 32.8 Å². The zero-order chi connectivity index (χ0) is 23.2. The maximum absolute atomic E-state index is 12.1. The second-order valence-electron chi connectivity index (χ2n) is 9.02. The van der Waals surface area contributed by atoms with Crippen LogP contribution in [0, 0.1) is 13.8 Å². The van der Waals surface area contributed by atoms with Crippen LogP contribution in [0.25, 0.3) is 0 Å². The first kappa shape index (κ1) is 23.3. The highest BCUT2D eigenvalue weighted by atomic mass is 16.5. The van der Waals surface area contributed by atoms with Gasteiger partial charge in [-0.15, -0.1) is 0 Å². The molecule has 0 bridgehead atoms. The van der Waals surface area contributed by atoms with Gasteiger partial charge in [-0.3, -0.25) is 4.79 Å². The number of carbonyl (C=O) groups is 1. The van der Waals surface area contributed by atoms with Gasteiger partial charge in [0.15, 0.2) is 5.96 Å². The number of likely N-dealkylation sites (tertiary alicyclic amines) is 1. The van der Waals surface area contributed by atoms with Crippen molar-refractivity contribution >= 4 is 11.9 Å². The Morgan fingerprint density at radius 3 is 2.70 bits per heavy atom. The van der Waals surface area contributed by atoms with Gasteiger partial charge >= 0.3 is 0 Å². The summed E-state index contributed by atoms with van der Waals surface area (Å²) < 4.78 is 6.15. The molecule has 0 aromatic heterocycles. The summed E-state index contributed by atoms with van der Waals surface area (Å²) in [6.45, 7) is 11.6. The Balaban J connectivity index is 1.49. The van der Waals surface area contributed by atoms with Crippen LogP contribution in [0.5, 0.6) is 0 Å². The van der Waals surface area contributed by atoms with Gasteiger partial charge in [0.1, 0.15) is 6.10 Å². The second kappa shape index (κ2) is 10.8. The summed E-state index contributed by atoms with van der Waals surface area (Å²) in [5, 5.41) is 3.47. The van der Waals surface area contributed by atoms with E-state index in [-0.39, 0.29) is 12.0 Å². The number of guanidine groups is 1. The van der Waals surface area contributed by atoms with Crippen molar-refractivity contribution in [3.05, 3.63) is 70.3 Å². The van der Waals surface area contributed by atoms with Crippen molar-refractivity contribution in [2.45, 2.75) is 52.8 Å². The number of aryl methyl sites for hydroxylation is 2. The summed E-state index contributed by atoms with van der Waals surface area (Å²) in [4.78, 5) is 21.4.